The lowest BCUT2D eigenvalue weighted by molar-refractivity contribution is -0.124. The maximum absolute atomic E-state index is 11.6. The molecule has 0 radical (unpaired) electrons. The van der Waals surface area contributed by atoms with Gasteiger partial charge in [0.1, 0.15) is 5.82 Å². The number of nitrogens with zero attached hydrogens (tertiary/aromatic N) is 2. The Balaban J connectivity index is 1.92. The summed E-state index contributed by atoms with van der Waals surface area (Å²) in [6.07, 6.45) is 2.80. The summed E-state index contributed by atoms with van der Waals surface area (Å²) in [5.74, 6) is 1.05. The Kier molecular flexibility index (Phi) is 5.35. The second kappa shape index (κ2) is 7.24. The monoisotopic (exact) mass is 277 g/mol. The normalized spacial score (nSPS) is 19.8. The second-order valence-electron chi connectivity index (χ2n) is 5.38. The lowest BCUT2D eigenvalue weighted by Gasteiger charge is -2.25. The van der Waals surface area contributed by atoms with Crippen molar-refractivity contribution in [2.75, 3.05) is 31.1 Å². The number of amides is 1. The predicted octanol–water partition coefficient (Wildman–Crippen LogP) is 1.45. The molecule has 1 amide bonds. The molecule has 1 unspecified atom stereocenters. The van der Waals surface area contributed by atoms with Crippen LogP contribution in [0.5, 0.6) is 0 Å². The minimum atomic E-state index is 0.00710. The first-order valence-electron chi connectivity index (χ1n) is 7.22. The third kappa shape index (κ3) is 4.20. The molecule has 1 fully saturated rings. The molecule has 1 atom stereocenters. The minimum Gasteiger partial charge on any atom is -0.374 e. The second-order valence-corrected chi connectivity index (χ2v) is 5.38. The first-order chi connectivity index (χ1) is 9.66. The maximum atomic E-state index is 11.6. The van der Waals surface area contributed by atoms with Crippen LogP contribution in [-0.4, -0.2) is 43.2 Å². The van der Waals surface area contributed by atoms with Crippen LogP contribution in [0.3, 0.4) is 0 Å². The Hall–Kier alpha value is -1.62. The fourth-order valence-electron chi connectivity index (χ4n) is 2.19. The number of aromatic nitrogens is 1. The molecular weight excluding hydrogens is 254 g/mol. The third-order valence-corrected chi connectivity index (χ3v) is 3.35. The Morgan fingerprint density at radius 2 is 2.40 bits per heavy atom. The summed E-state index contributed by atoms with van der Waals surface area (Å²) in [5.41, 5.74) is 0. The number of nitrogens with one attached hydrogen (secondary N) is 1. The standard InChI is InChI=1S/C15H23N3O2/c1-12(2)15(19)17-10-13-11-18(8-5-9-20-13)14-6-3-4-7-16-14/h3-4,6-7,12-13H,5,8-11H2,1-2H3,(H,17,19). The smallest absolute Gasteiger partial charge is 0.222 e. The van der Waals surface area contributed by atoms with E-state index in [1.807, 2.05) is 32.0 Å². The van der Waals surface area contributed by atoms with Crippen molar-refractivity contribution in [2.24, 2.45) is 5.92 Å². The summed E-state index contributed by atoms with van der Waals surface area (Å²) >= 11 is 0. The lowest BCUT2D eigenvalue weighted by Crippen LogP contribution is -2.41. The van der Waals surface area contributed by atoms with Crippen LogP contribution < -0.4 is 10.2 Å². The van der Waals surface area contributed by atoms with Gasteiger partial charge < -0.3 is 15.0 Å². The van der Waals surface area contributed by atoms with E-state index in [1.165, 1.54) is 0 Å². The molecule has 5 nitrogen and oxygen atoms in total. The molecule has 0 aliphatic carbocycles. The molecule has 0 aromatic carbocycles. The lowest BCUT2D eigenvalue weighted by atomic mass is 10.2. The highest BCUT2D eigenvalue weighted by atomic mass is 16.5. The summed E-state index contributed by atoms with van der Waals surface area (Å²) in [4.78, 5) is 18.2. The van der Waals surface area contributed by atoms with Gasteiger partial charge in [0, 0.05) is 38.4 Å². The fourth-order valence-corrected chi connectivity index (χ4v) is 2.19. The van der Waals surface area contributed by atoms with Gasteiger partial charge >= 0.3 is 0 Å². The SMILES string of the molecule is CC(C)C(=O)NCC1CN(c2ccccn2)CCCO1. The van der Waals surface area contributed by atoms with Crippen LogP contribution in [0.15, 0.2) is 24.4 Å². The van der Waals surface area contributed by atoms with Crippen LogP contribution in [0.2, 0.25) is 0 Å². The van der Waals surface area contributed by atoms with Gasteiger partial charge in [0.05, 0.1) is 6.10 Å². The number of ether oxygens (including phenoxy) is 1. The molecule has 1 aromatic heterocycles. The van der Waals surface area contributed by atoms with E-state index in [1.54, 1.807) is 6.20 Å². The average molecular weight is 277 g/mol. The van der Waals surface area contributed by atoms with Gasteiger partial charge in [-0.2, -0.15) is 0 Å². The predicted molar refractivity (Wildman–Crippen MR) is 78.7 cm³/mol. The highest BCUT2D eigenvalue weighted by Gasteiger charge is 2.20. The van der Waals surface area contributed by atoms with Crippen LogP contribution in [0.25, 0.3) is 0 Å². The number of rotatable bonds is 4. The number of hydrogen-bond donors (Lipinski definition) is 1. The summed E-state index contributed by atoms with van der Waals surface area (Å²) in [6, 6.07) is 5.91. The summed E-state index contributed by atoms with van der Waals surface area (Å²) in [6.45, 7) is 6.76. The number of anilines is 1. The van der Waals surface area contributed by atoms with E-state index < -0.39 is 0 Å². The number of carbonyl (C=O) groups excluding carboxylic acids is 1. The molecule has 1 aliphatic rings. The fraction of sp³-hybridized carbons (Fsp3) is 0.600. The van der Waals surface area contributed by atoms with Crippen LogP contribution in [0.4, 0.5) is 5.82 Å². The quantitative estimate of drug-likeness (QED) is 0.905. The van der Waals surface area contributed by atoms with Crippen LogP contribution in [-0.2, 0) is 9.53 Å². The van der Waals surface area contributed by atoms with E-state index in [0.717, 1.165) is 31.9 Å². The molecule has 20 heavy (non-hydrogen) atoms. The highest BCUT2D eigenvalue weighted by Crippen LogP contribution is 2.14. The number of pyridine rings is 1. The Morgan fingerprint density at radius 3 is 3.10 bits per heavy atom. The van der Waals surface area contributed by atoms with Gasteiger partial charge in [-0.05, 0) is 18.6 Å². The van der Waals surface area contributed by atoms with Crippen molar-refractivity contribution >= 4 is 11.7 Å². The molecule has 2 heterocycles. The first kappa shape index (κ1) is 14.8. The van der Waals surface area contributed by atoms with Gasteiger partial charge in [0.2, 0.25) is 5.91 Å². The zero-order valence-corrected chi connectivity index (χ0v) is 12.2. The van der Waals surface area contributed by atoms with E-state index in [-0.39, 0.29) is 17.9 Å². The third-order valence-electron chi connectivity index (χ3n) is 3.35. The molecule has 1 aliphatic heterocycles. The van der Waals surface area contributed by atoms with Crippen molar-refractivity contribution in [3.8, 4) is 0 Å². The van der Waals surface area contributed by atoms with Crippen molar-refractivity contribution in [1.82, 2.24) is 10.3 Å². The molecule has 1 saturated heterocycles. The summed E-state index contributed by atoms with van der Waals surface area (Å²) in [7, 11) is 0. The van der Waals surface area contributed by atoms with Crippen LogP contribution >= 0.6 is 0 Å². The van der Waals surface area contributed by atoms with Gasteiger partial charge in [-0.3, -0.25) is 4.79 Å². The van der Waals surface area contributed by atoms with Crippen LogP contribution in [0.1, 0.15) is 20.3 Å². The zero-order chi connectivity index (χ0) is 14.4. The summed E-state index contributed by atoms with van der Waals surface area (Å²) < 4.78 is 5.80. The molecular formula is C15H23N3O2. The molecule has 1 aromatic rings. The molecule has 110 valence electrons. The van der Waals surface area contributed by atoms with Crippen molar-refractivity contribution in [3.05, 3.63) is 24.4 Å². The largest absolute Gasteiger partial charge is 0.374 e. The highest BCUT2D eigenvalue weighted by molar-refractivity contribution is 5.77. The van der Waals surface area contributed by atoms with Crippen molar-refractivity contribution < 1.29 is 9.53 Å². The number of hydrogen-bond acceptors (Lipinski definition) is 4. The molecule has 5 heteroatoms. The summed E-state index contributed by atoms with van der Waals surface area (Å²) in [5, 5.41) is 2.94. The van der Waals surface area contributed by atoms with E-state index in [9.17, 15) is 4.79 Å². The van der Waals surface area contributed by atoms with Gasteiger partial charge in [-0.25, -0.2) is 4.98 Å². The molecule has 0 spiro atoms. The molecule has 0 bridgehead atoms. The van der Waals surface area contributed by atoms with E-state index >= 15 is 0 Å². The maximum Gasteiger partial charge on any atom is 0.222 e. The average Bonchev–Trinajstić information content (AvgIpc) is 2.71. The van der Waals surface area contributed by atoms with Crippen molar-refractivity contribution in [2.45, 2.75) is 26.4 Å². The Bertz CT molecular complexity index is 422. The van der Waals surface area contributed by atoms with Crippen molar-refractivity contribution in [3.63, 3.8) is 0 Å². The molecule has 1 N–H and O–H groups in total. The topological polar surface area (TPSA) is 54.5 Å². The minimum absolute atomic E-state index is 0.00710. The van der Waals surface area contributed by atoms with E-state index in [4.69, 9.17) is 4.74 Å². The van der Waals surface area contributed by atoms with Crippen molar-refractivity contribution in [1.29, 1.82) is 0 Å². The zero-order valence-electron chi connectivity index (χ0n) is 12.2. The van der Waals surface area contributed by atoms with Gasteiger partial charge in [-0.15, -0.1) is 0 Å². The Morgan fingerprint density at radius 1 is 1.55 bits per heavy atom. The first-order valence-corrected chi connectivity index (χ1v) is 7.22. The van der Waals surface area contributed by atoms with Crippen LogP contribution in [0, 0.1) is 5.92 Å². The van der Waals surface area contributed by atoms with Gasteiger partial charge in [0.25, 0.3) is 0 Å². The van der Waals surface area contributed by atoms with Gasteiger partial charge in [-0.1, -0.05) is 19.9 Å². The number of carbonyl (C=O) groups is 1. The van der Waals surface area contributed by atoms with E-state index in [0.29, 0.717) is 6.54 Å². The Labute approximate surface area is 120 Å². The van der Waals surface area contributed by atoms with E-state index in [2.05, 4.69) is 15.2 Å². The molecule has 0 saturated carbocycles. The molecule has 2 rings (SSSR count). The van der Waals surface area contributed by atoms with Gasteiger partial charge in [0.15, 0.2) is 0 Å².